The second-order valence-corrected chi connectivity index (χ2v) is 7.29. The van der Waals surface area contributed by atoms with Gasteiger partial charge in [0.05, 0.1) is 10.0 Å². The van der Waals surface area contributed by atoms with Crippen LogP contribution in [0.25, 0.3) is 11.0 Å². The summed E-state index contributed by atoms with van der Waals surface area (Å²) in [4.78, 5) is 0. The van der Waals surface area contributed by atoms with Crippen molar-refractivity contribution in [3.05, 3.63) is 63.6 Å². The van der Waals surface area contributed by atoms with E-state index in [2.05, 4.69) is 11.4 Å². The van der Waals surface area contributed by atoms with Gasteiger partial charge in [-0.1, -0.05) is 41.4 Å². The Morgan fingerprint density at radius 3 is 2.73 bits per heavy atom. The molecule has 2 aromatic carbocycles. The van der Waals surface area contributed by atoms with Gasteiger partial charge in [0.15, 0.2) is 0 Å². The molecular weight excluding hydrogens is 376 g/mol. The van der Waals surface area contributed by atoms with Crippen molar-refractivity contribution in [3.8, 4) is 5.75 Å². The molecule has 0 bridgehead atoms. The third-order valence-corrected chi connectivity index (χ3v) is 5.46. The van der Waals surface area contributed by atoms with Crippen molar-refractivity contribution in [2.45, 2.75) is 25.4 Å². The molecule has 4 rings (SSSR count). The van der Waals surface area contributed by atoms with Crippen LogP contribution in [0.2, 0.25) is 10.0 Å². The fourth-order valence-electron chi connectivity index (χ4n) is 3.51. The Morgan fingerprint density at radius 2 is 1.92 bits per heavy atom. The number of nitrogens with one attached hydrogen (secondary N) is 1. The first-order valence-electron chi connectivity index (χ1n) is 8.62. The molecule has 1 aliphatic heterocycles. The Bertz CT molecular complexity index is 935. The van der Waals surface area contributed by atoms with Crippen LogP contribution in [0.5, 0.6) is 5.75 Å². The first-order valence-corrected chi connectivity index (χ1v) is 9.37. The predicted molar refractivity (Wildman–Crippen MR) is 102 cm³/mol. The van der Waals surface area contributed by atoms with Crippen molar-refractivity contribution in [3.63, 3.8) is 0 Å². The molecule has 0 amide bonds. The van der Waals surface area contributed by atoms with Gasteiger partial charge in [0.1, 0.15) is 17.9 Å². The summed E-state index contributed by atoms with van der Waals surface area (Å²) in [6, 6.07) is 9.98. The van der Waals surface area contributed by atoms with Crippen LogP contribution < -0.4 is 10.1 Å². The van der Waals surface area contributed by atoms with Crippen molar-refractivity contribution in [1.29, 1.82) is 0 Å². The number of hydrogen-bond donors (Lipinski definition) is 1. The van der Waals surface area contributed by atoms with Crippen LogP contribution in [0.4, 0.5) is 4.39 Å². The van der Waals surface area contributed by atoms with E-state index in [1.807, 2.05) is 12.1 Å². The molecule has 0 aliphatic carbocycles. The average molecular weight is 394 g/mol. The molecule has 2 heterocycles. The van der Waals surface area contributed by atoms with E-state index in [9.17, 15) is 4.39 Å². The number of benzene rings is 2. The van der Waals surface area contributed by atoms with Crippen molar-refractivity contribution < 1.29 is 13.5 Å². The molecule has 0 spiro atoms. The summed E-state index contributed by atoms with van der Waals surface area (Å²) in [7, 11) is 0. The third kappa shape index (κ3) is 3.41. The minimum absolute atomic E-state index is 0.225. The van der Waals surface area contributed by atoms with Crippen LogP contribution in [0.1, 0.15) is 29.9 Å². The van der Waals surface area contributed by atoms with Gasteiger partial charge in [0, 0.05) is 17.0 Å². The lowest BCUT2D eigenvalue weighted by Gasteiger charge is -2.25. The quantitative estimate of drug-likeness (QED) is 0.596. The van der Waals surface area contributed by atoms with Crippen LogP contribution in [0, 0.1) is 6.01 Å². The zero-order chi connectivity index (χ0) is 18.1. The third-order valence-electron chi connectivity index (χ3n) is 4.83. The van der Waals surface area contributed by atoms with Gasteiger partial charge < -0.3 is 14.5 Å². The van der Waals surface area contributed by atoms with E-state index in [-0.39, 0.29) is 6.61 Å². The second-order valence-electron chi connectivity index (χ2n) is 6.47. The van der Waals surface area contributed by atoms with E-state index in [4.69, 9.17) is 32.4 Å². The summed E-state index contributed by atoms with van der Waals surface area (Å²) in [5.41, 5.74) is 2.25. The van der Waals surface area contributed by atoms with Gasteiger partial charge in [-0.25, -0.2) is 0 Å². The molecule has 1 fully saturated rings. The monoisotopic (exact) mass is 393 g/mol. The maximum atomic E-state index is 13.5. The smallest absolute Gasteiger partial charge is 0.278 e. The van der Waals surface area contributed by atoms with Crippen LogP contribution in [-0.2, 0) is 6.61 Å². The molecule has 3 aromatic rings. The van der Waals surface area contributed by atoms with Crippen molar-refractivity contribution in [1.82, 2.24) is 5.32 Å². The lowest BCUT2D eigenvalue weighted by atomic mass is 9.89. The second kappa shape index (κ2) is 7.47. The first kappa shape index (κ1) is 17.7. The highest BCUT2D eigenvalue weighted by molar-refractivity contribution is 6.35. The minimum atomic E-state index is -0.664. The van der Waals surface area contributed by atoms with Gasteiger partial charge >= 0.3 is 0 Å². The number of piperidine rings is 1. The molecule has 1 aromatic heterocycles. The number of ether oxygens (including phenoxy) is 1. The molecule has 1 N–H and O–H groups in total. The normalized spacial score (nSPS) is 15.5. The van der Waals surface area contributed by atoms with Gasteiger partial charge in [0.2, 0.25) is 0 Å². The SMILES string of the molecule is Fc1cc2c(Cl)ccc(COc3c(Cl)cccc3C3CCNCC3)c2o1. The Hall–Kier alpha value is -1.75. The molecule has 0 radical (unpaired) electrons. The fraction of sp³-hybridized carbons (Fsp3) is 0.300. The summed E-state index contributed by atoms with van der Waals surface area (Å²) >= 11 is 12.5. The lowest BCUT2D eigenvalue weighted by Crippen LogP contribution is -2.26. The molecular formula is C20H18Cl2FNO2. The number of fused-ring (bicyclic) bond motifs is 1. The van der Waals surface area contributed by atoms with Crippen molar-refractivity contribution in [2.75, 3.05) is 13.1 Å². The van der Waals surface area contributed by atoms with E-state index < -0.39 is 6.01 Å². The molecule has 0 saturated carbocycles. The predicted octanol–water partition coefficient (Wildman–Crippen LogP) is 5.92. The van der Waals surface area contributed by atoms with Gasteiger partial charge in [0.25, 0.3) is 6.01 Å². The van der Waals surface area contributed by atoms with E-state index >= 15 is 0 Å². The highest BCUT2D eigenvalue weighted by Gasteiger charge is 2.21. The molecule has 1 saturated heterocycles. The standard InChI is InChI=1S/C20H18Cl2FNO2/c21-16-5-4-13(19-15(16)10-18(23)26-19)11-25-20-14(2-1-3-17(20)22)12-6-8-24-9-7-12/h1-5,10,12,24H,6-9,11H2. The number of furan rings is 1. The molecule has 3 nitrogen and oxygen atoms in total. The molecule has 26 heavy (non-hydrogen) atoms. The fourth-order valence-corrected chi connectivity index (χ4v) is 3.95. The Balaban J connectivity index is 1.63. The van der Waals surface area contributed by atoms with Crippen molar-refractivity contribution >= 4 is 34.2 Å². The van der Waals surface area contributed by atoms with Crippen molar-refractivity contribution in [2.24, 2.45) is 0 Å². The Morgan fingerprint density at radius 1 is 1.12 bits per heavy atom. The van der Waals surface area contributed by atoms with E-state index in [1.54, 1.807) is 12.1 Å². The zero-order valence-electron chi connectivity index (χ0n) is 14.0. The summed E-state index contributed by atoms with van der Waals surface area (Å²) in [5.74, 6) is 1.10. The summed E-state index contributed by atoms with van der Waals surface area (Å²) in [5, 5.41) is 4.94. The van der Waals surface area contributed by atoms with E-state index in [0.29, 0.717) is 32.7 Å². The Labute approximate surface area is 161 Å². The number of hydrogen-bond acceptors (Lipinski definition) is 3. The summed E-state index contributed by atoms with van der Waals surface area (Å²) in [6.45, 7) is 2.20. The molecule has 0 atom stereocenters. The molecule has 6 heteroatoms. The van der Waals surface area contributed by atoms with E-state index in [0.717, 1.165) is 37.1 Å². The highest BCUT2D eigenvalue weighted by Crippen LogP contribution is 2.38. The summed E-state index contributed by atoms with van der Waals surface area (Å²) < 4.78 is 24.8. The lowest BCUT2D eigenvalue weighted by molar-refractivity contribution is 0.296. The molecule has 136 valence electrons. The zero-order valence-corrected chi connectivity index (χ0v) is 15.5. The number of halogens is 3. The maximum Gasteiger partial charge on any atom is 0.278 e. The first-order chi connectivity index (χ1) is 12.6. The van der Waals surface area contributed by atoms with Crippen LogP contribution in [0.3, 0.4) is 0 Å². The minimum Gasteiger partial charge on any atom is -0.487 e. The van der Waals surface area contributed by atoms with Gasteiger partial charge in [-0.05, 0) is 49.5 Å². The van der Waals surface area contributed by atoms with Crippen LogP contribution in [-0.4, -0.2) is 13.1 Å². The van der Waals surface area contributed by atoms with E-state index in [1.165, 1.54) is 6.07 Å². The largest absolute Gasteiger partial charge is 0.487 e. The summed E-state index contributed by atoms with van der Waals surface area (Å²) in [6.07, 6.45) is 2.09. The van der Waals surface area contributed by atoms with Crippen LogP contribution in [0.15, 0.2) is 40.8 Å². The Kier molecular flexibility index (Phi) is 5.07. The highest BCUT2D eigenvalue weighted by atomic mass is 35.5. The maximum absolute atomic E-state index is 13.5. The topological polar surface area (TPSA) is 34.4 Å². The van der Waals surface area contributed by atoms with Gasteiger partial charge in [-0.3, -0.25) is 0 Å². The van der Waals surface area contributed by atoms with Gasteiger partial charge in [-0.2, -0.15) is 4.39 Å². The number of para-hydroxylation sites is 1. The molecule has 1 aliphatic rings. The number of rotatable bonds is 4. The van der Waals surface area contributed by atoms with Gasteiger partial charge in [-0.15, -0.1) is 0 Å². The molecule has 0 unspecified atom stereocenters. The van der Waals surface area contributed by atoms with Crippen LogP contribution >= 0.6 is 23.2 Å². The average Bonchev–Trinajstić information content (AvgIpc) is 3.05.